The summed E-state index contributed by atoms with van der Waals surface area (Å²) in [6.07, 6.45) is 1.60. The molecule has 0 bridgehead atoms. The van der Waals surface area contributed by atoms with Crippen LogP contribution in [-0.2, 0) is 11.3 Å². The van der Waals surface area contributed by atoms with Gasteiger partial charge in [-0.25, -0.2) is 14.8 Å². The van der Waals surface area contributed by atoms with E-state index in [0.29, 0.717) is 5.95 Å². The van der Waals surface area contributed by atoms with Gasteiger partial charge in [-0.1, -0.05) is 18.2 Å². The van der Waals surface area contributed by atoms with Gasteiger partial charge in [-0.3, -0.25) is 4.90 Å². The summed E-state index contributed by atoms with van der Waals surface area (Å²) >= 11 is 3.58. The van der Waals surface area contributed by atoms with E-state index >= 15 is 0 Å². The van der Waals surface area contributed by atoms with Crippen LogP contribution in [0.1, 0.15) is 45.7 Å². The Bertz CT molecular complexity index is 1210. The maximum atomic E-state index is 12.7. The van der Waals surface area contributed by atoms with Crippen molar-refractivity contribution in [2.75, 3.05) is 18.4 Å². The number of nitrogens with one attached hydrogen (secondary N) is 1. The molecule has 3 aromatic rings. The maximum Gasteiger partial charge on any atom is 0.410 e. The smallest absolute Gasteiger partial charge is 0.410 e. The van der Waals surface area contributed by atoms with Gasteiger partial charge in [-0.15, -0.1) is 0 Å². The van der Waals surface area contributed by atoms with Crippen molar-refractivity contribution in [1.29, 1.82) is 0 Å². The number of carbonyl (C=O) groups excluding carboxylic acids is 1. The molecule has 1 amide bonds. The molecule has 8 heteroatoms. The lowest BCUT2D eigenvalue weighted by atomic mass is 10.1. The molecule has 186 valence electrons. The van der Waals surface area contributed by atoms with Crippen LogP contribution in [0.3, 0.4) is 0 Å². The molecule has 2 atom stereocenters. The van der Waals surface area contributed by atoms with Gasteiger partial charge in [0.25, 0.3) is 0 Å². The van der Waals surface area contributed by atoms with Crippen LogP contribution in [-0.4, -0.2) is 56.6 Å². The maximum absolute atomic E-state index is 12.7. The largest absolute Gasteiger partial charge is 0.444 e. The number of aryl methyl sites for hydroxylation is 1. The Kier molecular flexibility index (Phi) is 7.33. The molecule has 0 aliphatic carbocycles. The van der Waals surface area contributed by atoms with Crippen LogP contribution in [0.2, 0.25) is 0 Å². The van der Waals surface area contributed by atoms with E-state index < -0.39 is 5.60 Å². The average Bonchev–Trinajstić information content (AvgIpc) is 2.72. The molecule has 1 aliphatic rings. The molecule has 4 rings (SSSR count). The number of piperazine rings is 1. The predicted octanol–water partition coefficient (Wildman–Crippen LogP) is 6.27. The van der Waals surface area contributed by atoms with Crippen molar-refractivity contribution in [2.45, 2.75) is 65.8 Å². The van der Waals surface area contributed by atoms with E-state index in [0.717, 1.165) is 40.7 Å². The monoisotopic (exact) mass is 539 g/mol. The minimum Gasteiger partial charge on any atom is -0.444 e. The number of para-hydroxylation sites is 1. The third-order valence-corrected chi connectivity index (χ3v) is 6.60. The number of halogens is 1. The third-order valence-electron chi connectivity index (χ3n) is 5.96. The van der Waals surface area contributed by atoms with Crippen molar-refractivity contribution in [3.8, 4) is 0 Å². The molecule has 0 spiro atoms. The normalized spacial score (nSPS) is 19.1. The summed E-state index contributed by atoms with van der Waals surface area (Å²) in [5.41, 5.74) is 3.72. The zero-order valence-corrected chi connectivity index (χ0v) is 22.9. The van der Waals surface area contributed by atoms with Crippen LogP contribution in [0.15, 0.2) is 47.1 Å². The Balaban J connectivity index is 1.46. The summed E-state index contributed by atoms with van der Waals surface area (Å²) in [5, 5.41) is 4.36. The minimum absolute atomic E-state index is 0.0699. The molecule has 1 saturated heterocycles. The van der Waals surface area contributed by atoms with E-state index in [1.54, 1.807) is 0 Å². The quantitative estimate of drug-likeness (QED) is 0.421. The van der Waals surface area contributed by atoms with E-state index in [2.05, 4.69) is 75.1 Å². The van der Waals surface area contributed by atoms with Gasteiger partial charge in [0.15, 0.2) is 0 Å². The Morgan fingerprint density at radius 2 is 1.89 bits per heavy atom. The first-order chi connectivity index (χ1) is 16.5. The van der Waals surface area contributed by atoms with E-state index in [9.17, 15) is 4.79 Å². The van der Waals surface area contributed by atoms with Crippen LogP contribution in [0.5, 0.6) is 0 Å². The average molecular weight is 541 g/mol. The standard InChI is InChI=1S/C27H34BrN5O2/c1-17-10-20(16-32-14-18(2)33(19(3)15-32)26(34)35-27(4,5)6)12-22(11-17)30-25-29-13-21-8-7-9-23(28)24(21)31-25/h7-13,18-19H,14-16H2,1-6H3,(H,29,30,31)/t18-,19+. The molecular weight excluding hydrogens is 506 g/mol. The topological polar surface area (TPSA) is 70.6 Å². The Hall–Kier alpha value is -2.71. The summed E-state index contributed by atoms with van der Waals surface area (Å²) in [4.78, 5) is 26.2. The molecule has 35 heavy (non-hydrogen) atoms. The molecule has 1 aromatic heterocycles. The van der Waals surface area contributed by atoms with E-state index in [1.165, 1.54) is 11.1 Å². The van der Waals surface area contributed by atoms with Gasteiger partial charge in [0.05, 0.1) is 5.52 Å². The van der Waals surface area contributed by atoms with E-state index in [4.69, 9.17) is 4.74 Å². The van der Waals surface area contributed by atoms with Crippen LogP contribution < -0.4 is 5.32 Å². The van der Waals surface area contributed by atoms with Crippen molar-refractivity contribution in [3.05, 3.63) is 58.2 Å². The third kappa shape index (κ3) is 6.30. The van der Waals surface area contributed by atoms with Gasteiger partial charge in [-0.2, -0.15) is 0 Å². The molecule has 2 heterocycles. The lowest BCUT2D eigenvalue weighted by Gasteiger charge is -2.44. The summed E-state index contributed by atoms with van der Waals surface area (Å²) < 4.78 is 6.58. The first kappa shape index (κ1) is 25.4. The second-order valence-electron chi connectivity index (χ2n) is 10.5. The highest BCUT2D eigenvalue weighted by atomic mass is 79.9. The Morgan fingerprint density at radius 1 is 1.17 bits per heavy atom. The van der Waals surface area contributed by atoms with E-state index in [1.807, 2.05) is 50.1 Å². The fraction of sp³-hybridized carbons (Fsp3) is 0.444. The van der Waals surface area contributed by atoms with Crippen LogP contribution in [0.25, 0.3) is 10.9 Å². The second-order valence-corrected chi connectivity index (χ2v) is 11.3. The summed E-state index contributed by atoms with van der Waals surface area (Å²) in [6.45, 7) is 14.4. The lowest BCUT2D eigenvalue weighted by Crippen LogP contribution is -2.59. The number of hydrogen-bond donors (Lipinski definition) is 1. The molecule has 1 N–H and O–H groups in total. The highest BCUT2D eigenvalue weighted by Gasteiger charge is 2.35. The first-order valence-electron chi connectivity index (χ1n) is 12.0. The van der Waals surface area contributed by atoms with Crippen molar-refractivity contribution >= 4 is 44.6 Å². The highest BCUT2D eigenvalue weighted by Crippen LogP contribution is 2.26. The summed E-state index contributed by atoms with van der Waals surface area (Å²) in [5.74, 6) is 0.564. The van der Waals surface area contributed by atoms with Crippen molar-refractivity contribution in [1.82, 2.24) is 19.8 Å². The molecule has 0 saturated carbocycles. The molecule has 0 radical (unpaired) electrons. The number of rotatable bonds is 4. The number of hydrogen-bond acceptors (Lipinski definition) is 6. The van der Waals surface area contributed by atoms with Gasteiger partial charge in [0.2, 0.25) is 5.95 Å². The summed E-state index contributed by atoms with van der Waals surface area (Å²) in [7, 11) is 0. The van der Waals surface area contributed by atoms with Crippen molar-refractivity contribution < 1.29 is 9.53 Å². The zero-order chi connectivity index (χ0) is 25.3. The number of anilines is 2. The number of nitrogens with zero attached hydrogens (tertiary/aromatic N) is 4. The van der Waals surface area contributed by atoms with E-state index in [-0.39, 0.29) is 18.2 Å². The Labute approximate surface area is 216 Å². The van der Waals surface area contributed by atoms with Gasteiger partial charge in [0.1, 0.15) is 5.60 Å². The number of aromatic nitrogens is 2. The lowest BCUT2D eigenvalue weighted by molar-refractivity contribution is -0.0162. The number of carbonyl (C=O) groups is 1. The molecule has 1 fully saturated rings. The molecule has 7 nitrogen and oxygen atoms in total. The summed E-state index contributed by atoms with van der Waals surface area (Å²) in [6, 6.07) is 12.6. The highest BCUT2D eigenvalue weighted by molar-refractivity contribution is 9.10. The molecule has 1 aliphatic heterocycles. The van der Waals surface area contributed by atoms with Gasteiger partial charge in [-0.05, 0) is 86.8 Å². The fourth-order valence-electron chi connectivity index (χ4n) is 4.73. The fourth-order valence-corrected chi connectivity index (χ4v) is 5.20. The minimum atomic E-state index is -0.497. The second kappa shape index (κ2) is 10.1. The van der Waals surface area contributed by atoms with Gasteiger partial charge >= 0.3 is 6.09 Å². The number of fused-ring (bicyclic) bond motifs is 1. The number of ether oxygens (including phenoxy) is 1. The molecule has 2 aromatic carbocycles. The molecule has 0 unspecified atom stereocenters. The van der Waals surface area contributed by atoms with Gasteiger partial charge in [0, 0.05) is 53.5 Å². The number of amides is 1. The predicted molar refractivity (Wildman–Crippen MR) is 144 cm³/mol. The van der Waals surface area contributed by atoms with Gasteiger partial charge < -0.3 is 15.0 Å². The number of benzene rings is 2. The molecular formula is C27H34BrN5O2. The van der Waals surface area contributed by atoms with Crippen molar-refractivity contribution in [2.24, 2.45) is 0 Å². The SMILES string of the molecule is Cc1cc(CN2C[C@@H](C)N(C(=O)OC(C)(C)C)[C@@H](C)C2)cc(Nc2ncc3cccc(Br)c3n2)c1. The van der Waals surface area contributed by atoms with Crippen molar-refractivity contribution in [3.63, 3.8) is 0 Å². The first-order valence-corrected chi connectivity index (χ1v) is 12.8. The van der Waals surface area contributed by atoms with Crippen LogP contribution >= 0.6 is 15.9 Å². The van der Waals surface area contributed by atoms with Crippen LogP contribution in [0, 0.1) is 6.92 Å². The van der Waals surface area contributed by atoms with Crippen LogP contribution in [0.4, 0.5) is 16.4 Å². The Morgan fingerprint density at radius 3 is 2.57 bits per heavy atom. The zero-order valence-electron chi connectivity index (χ0n) is 21.3.